The summed E-state index contributed by atoms with van der Waals surface area (Å²) in [6, 6.07) is 13.1. The molecule has 0 atom stereocenters. The highest BCUT2D eigenvalue weighted by atomic mass is 127. The molecule has 2 amide bonds. The van der Waals surface area contributed by atoms with Gasteiger partial charge in [-0.1, -0.05) is 28.1 Å². The molecule has 0 aliphatic heterocycles. The normalized spacial score (nSPS) is 10.1. The molecular weight excluding hydrogens is 419 g/mol. The van der Waals surface area contributed by atoms with Crippen LogP contribution in [-0.2, 0) is 0 Å². The number of urea groups is 1. The summed E-state index contributed by atoms with van der Waals surface area (Å²) in [5.74, 6) is 0. The fourth-order valence-electron chi connectivity index (χ4n) is 1.57. The molecule has 0 saturated heterocycles. The molecule has 19 heavy (non-hydrogen) atoms. The van der Waals surface area contributed by atoms with Gasteiger partial charge in [-0.15, -0.1) is 0 Å². The van der Waals surface area contributed by atoms with Crippen LogP contribution in [0.5, 0.6) is 0 Å². The number of aryl methyl sites for hydroxylation is 1. The molecule has 0 spiro atoms. The zero-order valence-electron chi connectivity index (χ0n) is 10.2. The van der Waals surface area contributed by atoms with E-state index in [2.05, 4.69) is 49.2 Å². The van der Waals surface area contributed by atoms with Crippen LogP contribution >= 0.6 is 38.5 Å². The van der Waals surface area contributed by atoms with E-state index >= 15 is 0 Å². The molecule has 3 nitrogen and oxygen atoms in total. The number of rotatable bonds is 2. The van der Waals surface area contributed by atoms with Crippen LogP contribution in [0, 0.1) is 10.5 Å². The van der Waals surface area contributed by atoms with Crippen molar-refractivity contribution >= 4 is 55.9 Å². The Bertz CT molecular complexity index is 616. The van der Waals surface area contributed by atoms with E-state index in [1.165, 1.54) is 0 Å². The molecule has 2 aromatic rings. The van der Waals surface area contributed by atoms with Crippen LogP contribution in [0.2, 0.25) is 0 Å². The number of benzene rings is 2. The zero-order valence-corrected chi connectivity index (χ0v) is 13.9. The lowest BCUT2D eigenvalue weighted by Gasteiger charge is -2.10. The lowest BCUT2D eigenvalue weighted by Crippen LogP contribution is -2.20. The molecule has 0 bridgehead atoms. The molecule has 0 saturated carbocycles. The van der Waals surface area contributed by atoms with Crippen molar-refractivity contribution in [2.24, 2.45) is 0 Å². The van der Waals surface area contributed by atoms with Gasteiger partial charge in [-0.25, -0.2) is 4.79 Å². The first-order valence-corrected chi connectivity index (χ1v) is 7.52. The van der Waals surface area contributed by atoms with E-state index in [1.807, 2.05) is 49.4 Å². The van der Waals surface area contributed by atoms with Crippen LogP contribution in [0.25, 0.3) is 0 Å². The molecule has 0 fully saturated rings. The van der Waals surface area contributed by atoms with E-state index in [-0.39, 0.29) is 6.03 Å². The summed E-state index contributed by atoms with van der Waals surface area (Å²) in [4.78, 5) is 11.9. The van der Waals surface area contributed by atoms with Crippen LogP contribution in [0.1, 0.15) is 5.56 Å². The number of carbonyl (C=O) groups excluding carboxylic acids is 1. The predicted octanol–water partition coefficient (Wildman–Crippen LogP) is 5.01. The van der Waals surface area contributed by atoms with E-state index in [9.17, 15) is 4.79 Å². The number of anilines is 2. The molecule has 5 heteroatoms. The Kier molecular flexibility index (Phi) is 4.81. The molecule has 0 radical (unpaired) electrons. The van der Waals surface area contributed by atoms with Gasteiger partial charge in [-0.3, -0.25) is 0 Å². The van der Waals surface area contributed by atoms with Gasteiger partial charge in [0.05, 0.1) is 5.69 Å². The average Bonchev–Trinajstić information content (AvgIpc) is 2.37. The second-order valence-corrected chi connectivity index (χ2v) is 6.04. The Morgan fingerprint density at radius 3 is 2.58 bits per heavy atom. The number of hydrogen-bond donors (Lipinski definition) is 2. The number of nitrogens with one attached hydrogen (secondary N) is 2. The highest BCUT2D eigenvalue weighted by Gasteiger charge is 2.05. The number of carbonyl (C=O) groups is 1. The fraction of sp³-hybridized carbons (Fsp3) is 0.0714. The third kappa shape index (κ3) is 3.94. The summed E-state index contributed by atoms with van der Waals surface area (Å²) in [7, 11) is 0. The topological polar surface area (TPSA) is 41.1 Å². The molecule has 98 valence electrons. The van der Waals surface area contributed by atoms with Crippen molar-refractivity contribution < 1.29 is 4.79 Å². The maximum atomic E-state index is 11.9. The second kappa shape index (κ2) is 6.38. The molecule has 0 aliphatic rings. The zero-order chi connectivity index (χ0) is 13.8. The van der Waals surface area contributed by atoms with Crippen LogP contribution in [0.4, 0.5) is 16.2 Å². The highest BCUT2D eigenvalue weighted by molar-refractivity contribution is 14.1. The van der Waals surface area contributed by atoms with Gasteiger partial charge in [0.15, 0.2) is 0 Å². The number of amides is 2. The Balaban J connectivity index is 2.05. The second-order valence-electron chi connectivity index (χ2n) is 4.02. The highest BCUT2D eigenvalue weighted by Crippen LogP contribution is 2.21. The number of halogens is 2. The molecule has 2 N–H and O–H groups in total. The SMILES string of the molecule is Cc1cc(NC(=O)Nc2ccccc2I)ccc1Br. The summed E-state index contributed by atoms with van der Waals surface area (Å²) in [5, 5.41) is 5.63. The van der Waals surface area contributed by atoms with Gasteiger partial charge in [0.2, 0.25) is 0 Å². The minimum atomic E-state index is -0.245. The molecule has 2 rings (SSSR count). The fourth-order valence-corrected chi connectivity index (χ4v) is 2.34. The third-order valence-corrected chi connectivity index (χ3v) is 4.37. The maximum absolute atomic E-state index is 11.9. The number of para-hydroxylation sites is 1. The van der Waals surface area contributed by atoms with Crippen molar-refractivity contribution in [3.63, 3.8) is 0 Å². The standard InChI is InChI=1S/C14H12BrIN2O/c1-9-8-10(6-7-11(9)15)17-14(19)18-13-5-3-2-4-12(13)16/h2-8H,1H3,(H2,17,18,19). The Hall–Kier alpha value is -1.08. The first-order chi connectivity index (χ1) is 9.06. The third-order valence-electron chi connectivity index (χ3n) is 2.54. The van der Waals surface area contributed by atoms with Gasteiger partial charge < -0.3 is 10.6 Å². The molecule has 0 aliphatic carbocycles. The summed E-state index contributed by atoms with van der Waals surface area (Å²) >= 11 is 5.62. The minimum absolute atomic E-state index is 0.245. The Morgan fingerprint density at radius 1 is 1.16 bits per heavy atom. The van der Waals surface area contributed by atoms with Crippen molar-refractivity contribution in [3.05, 3.63) is 56.1 Å². The van der Waals surface area contributed by atoms with E-state index in [4.69, 9.17) is 0 Å². The number of hydrogen-bond acceptors (Lipinski definition) is 1. The molecule has 0 heterocycles. The van der Waals surface area contributed by atoms with Crippen LogP contribution in [0.15, 0.2) is 46.9 Å². The largest absolute Gasteiger partial charge is 0.323 e. The summed E-state index contributed by atoms with van der Waals surface area (Å²) < 4.78 is 2.03. The van der Waals surface area contributed by atoms with Crippen molar-refractivity contribution in [2.75, 3.05) is 10.6 Å². The van der Waals surface area contributed by atoms with Crippen LogP contribution in [-0.4, -0.2) is 6.03 Å². The van der Waals surface area contributed by atoms with E-state index in [0.29, 0.717) is 0 Å². The smallest absolute Gasteiger partial charge is 0.308 e. The van der Waals surface area contributed by atoms with Gasteiger partial charge in [0.25, 0.3) is 0 Å². The van der Waals surface area contributed by atoms with Gasteiger partial charge in [0.1, 0.15) is 0 Å². The molecule has 0 unspecified atom stereocenters. The monoisotopic (exact) mass is 430 g/mol. The van der Waals surface area contributed by atoms with Crippen LogP contribution in [0.3, 0.4) is 0 Å². The van der Waals surface area contributed by atoms with Gasteiger partial charge in [-0.2, -0.15) is 0 Å². The summed E-state index contributed by atoms with van der Waals surface area (Å²) in [6.07, 6.45) is 0. The first-order valence-electron chi connectivity index (χ1n) is 5.65. The summed E-state index contributed by atoms with van der Waals surface area (Å²) in [6.45, 7) is 1.98. The lowest BCUT2D eigenvalue weighted by molar-refractivity contribution is 0.262. The maximum Gasteiger partial charge on any atom is 0.323 e. The van der Waals surface area contributed by atoms with Gasteiger partial charge >= 0.3 is 6.03 Å². The Morgan fingerprint density at radius 2 is 1.89 bits per heavy atom. The molecule has 2 aromatic carbocycles. The van der Waals surface area contributed by atoms with Crippen molar-refractivity contribution in [2.45, 2.75) is 6.92 Å². The van der Waals surface area contributed by atoms with E-state index in [0.717, 1.165) is 25.0 Å². The Labute approximate surface area is 134 Å². The van der Waals surface area contributed by atoms with Crippen LogP contribution < -0.4 is 10.6 Å². The van der Waals surface area contributed by atoms with Crippen molar-refractivity contribution in [1.82, 2.24) is 0 Å². The van der Waals surface area contributed by atoms with Crippen molar-refractivity contribution in [3.8, 4) is 0 Å². The van der Waals surface area contributed by atoms with E-state index < -0.39 is 0 Å². The summed E-state index contributed by atoms with van der Waals surface area (Å²) in [5.41, 5.74) is 2.64. The van der Waals surface area contributed by atoms with E-state index in [1.54, 1.807) is 0 Å². The lowest BCUT2D eigenvalue weighted by atomic mass is 10.2. The molecular formula is C14H12BrIN2O. The predicted molar refractivity (Wildman–Crippen MR) is 90.7 cm³/mol. The van der Waals surface area contributed by atoms with Gasteiger partial charge in [0, 0.05) is 13.7 Å². The first kappa shape index (κ1) is 14.3. The average molecular weight is 431 g/mol. The quantitative estimate of drug-likeness (QED) is 0.646. The minimum Gasteiger partial charge on any atom is -0.308 e. The van der Waals surface area contributed by atoms with Crippen molar-refractivity contribution in [1.29, 1.82) is 0 Å². The molecule has 0 aromatic heterocycles. The van der Waals surface area contributed by atoms with Gasteiger partial charge in [-0.05, 0) is 65.4 Å².